The van der Waals surface area contributed by atoms with Gasteiger partial charge in [-0.15, -0.1) is 0 Å². The summed E-state index contributed by atoms with van der Waals surface area (Å²) in [6, 6.07) is 10.5. The lowest BCUT2D eigenvalue weighted by Gasteiger charge is -2.28. The molecule has 2 aromatic heterocycles. The van der Waals surface area contributed by atoms with E-state index >= 15 is 0 Å². The van der Waals surface area contributed by atoms with E-state index in [9.17, 15) is 4.79 Å². The molecule has 3 fully saturated rings. The fraction of sp³-hybridized carbons (Fsp3) is 0.519. The lowest BCUT2D eigenvalue weighted by Crippen LogP contribution is -2.31. The number of carbonyl (C=O) groups excluding carboxylic acids is 1. The molecule has 1 saturated carbocycles. The van der Waals surface area contributed by atoms with E-state index in [2.05, 4.69) is 52.1 Å². The van der Waals surface area contributed by atoms with E-state index in [-0.39, 0.29) is 5.91 Å². The number of hydrogen-bond donors (Lipinski definition) is 1. The summed E-state index contributed by atoms with van der Waals surface area (Å²) in [5.74, 6) is 1.94. The normalized spacial score (nSPS) is 21.9. The van der Waals surface area contributed by atoms with Crippen LogP contribution in [-0.4, -0.2) is 58.8 Å². The van der Waals surface area contributed by atoms with Crippen LogP contribution in [0.5, 0.6) is 0 Å². The van der Waals surface area contributed by atoms with Gasteiger partial charge in [0.2, 0.25) is 0 Å². The first-order chi connectivity index (χ1) is 16.5. The van der Waals surface area contributed by atoms with Crippen molar-refractivity contribution < 1.29 is 4.79 Å². The predicted octanol–water partition coefficient (Wildman–Crippen LogP) is 4.67. The molecule has 1 N–H and O–H groups in total. The highest BCUT2D eigenvalue weighted by Crippen LogP contribution is 2.45. The summed E-state index contributed by atoms with van der Waals surface area (Å²) in [5, 5.41) is 9.23. The number of aromatic nitrogens is 3. The summed E-state index contributed by atoms with van der Waals surface area (Å²) in [4.78, 5) is 22.6. The minimum atomic E-state index is -0.141. The SMILES string of the molecule is CC1CCN(c2cccc(C(=O)Nc3cc4cn(C5CCN(C)CC5)nc4cc3C3CC3)n2)C1. The van der Waals surface area contributed by atoms with Crippen molar-refractivity contribution in [1.29, 1.82) is 0 Å². The fourth-order valence-corrected chi connectivity index (χ4v) is 5.45. The van der Waals surface area contributed by atoms with E-state index in [1.54, 1.807) is 0 Å². The Morgan fingerprint density at radius 2 is 1.88 bits per heavy atom. The largest absolute Gasteiger partial charge is 0.356 e. The van der Waals surface area contributed by atoms with Crippen molar-refractivity contribution in [3.63, 3.8) is 0 Å². The topological polar surface area (TPSA) is 66.3 Å². The lowest BCUT2D eigenvalue weighted by atomic mass is 10.1. The van der Waals surface area contributed by atoms with Gasteiger partial charge in [0.1, 0.15) is 11.5 Å². The maximum atomic E-state index is 13.2. The molecular weight excluding hydrogens is 424 g/mol. The summed E-state index contributed by atoms with van der Waals surface area (Å²) >= 11 is 0. The highest BCUT2D eigenvalue weighted by molar-refractivity contribution is 6.04. The van der Waals surface area contributed by atoms with Gasteiger partial charge in [0.15, 0.2) is 0 Å². The Morgan fingerprint density at radius 3 is 2.62 bits per heavy atom. The Bertz CT molecular complexity index is 1210. The van der Waals surface area contributed by atoms with E-state index < -0.39 is 0 Å². The first-order valence-corrected chi connectivity index (χ1v) is 12.8. The number of nitrogens with zero attached hydrogens (tertiary/aromatic N) is 5. The molecule has 4 heterocycles. The standard InChI is InChI=1S/C27H34N6O/c1-18-8-13-32(16-18)26-5-3-4-23(28-26)27(34)29-25-14-20-17-33(21-9-11-31(2)12-10-21)30-24(20)15-22(25)19-6-7-19/h3-5,14-15,17-19,21H,6-13,16H2,1-2H3,(H,29,34). The molecule has 2 aliphatic heterocycles. The summed E-state index contributed by atoms with van der Waals surface area (Å²) < 4.78 is 2.15. The molecule has 7 nitrogen and oxygen atoms in total. The van der Waals surface area contributed by atoms with Gasteiger partial charge in [0.05, 0.1) is 11.6 Å². The third-order valence-electron chi connectivity index (χ3n) is 7.74. The quantitative estimate of drug-likeness (QED) is 0.602. The molecule has 7 heteroatoms. The van der Waals surface area contributed by atoms with Crippen molar-refractivity contribution in [2.45, 2.75) is 51.0 Å². The smallest absolute Gasteiger partial charge is 0.274 e. The predicted molar refractivity (Wildman–Crippen MR) is 136 cm³/mol. The Kier molecular flexibility index (Phi) is 5.52. The van der Waals surface area contributed by atoms with Crippen LogP contribution in [0.1, 0.15) is 67.0 Å². The molecule has 6 rings (SSSR count). The molecule has 34 heavy (non-hydrogen) atoms. The van der Waals surface area contributed by atoms with Gasteiger partial charge in [0, 0.05) is 30.4 Å². The number of amides is 1. The Morgan fingerprint density at radius 1 is 1.06 bits per heavy atom. The number of pyridine rings is 1. The van der Waals surface area contributed by atoms with Gasteiger partial charge < -0.3 is 15.1 Å². The van der Waals surface area contributed by atoms with Crippen molar-refractivity contribution >= 4 is 28.3 Å². The molecule has 2 saturated heterocycles. The second-order valence-electron chi connectivity index (χ2n) is 10.6. The van der Waals surface area contributed by atoms with Gasteiger partial charge in [-0.05, 0) is 93.9 Å². The number of nitrogens with one attached hydrogen (secondary N) is 1. The van der Waals surface area contributed by atoms with Crippen LogP contribution in [0.15, 0.2) is 36.5 Å². The van der Waals surface area contributed by atoms with Crippen molar-refractivity contribution in [2.24, 2.45) is 5.92 Å². The second-order valence-corrected chi connectivity index (χ2v) is 10.6. The Balaban J connectivity index is 1.26. The van der Waals surface area contributed by atoms with Gasteiger partial charge in [-0.25, -0.2) is 4.98 Å². The summed E-state index contributed by atoms with van der Waals surface area (Å²) in [6.07, 6.45) is 7.93. The summed E-state index contributed by atoms with van der Waals surface area (Å²) in [6.45, 7) is 6.49. The number of hydrogen-bond acceptors (Lipinski definition) is 5. The number of carbonyl (C=O) groups is 1. The van der Waals surface area contributed by atoms with Crippen molar-refractivity contribution in [3.8, 4) is 0 Å². The molecule has 1 atom stereocenters. The molecule has 178 valence electrons. The minimum absolute atomic E-state index is 0.141. The molecule has 0 spiro atoms. The molecular formula is C27H34N6O. The van der Waals surface area contributed by atoms with Crippen LogP contribution in [0.3, 0.4) is 0 Å². The zero-order valence-electron chi connectivity index (χ0n) is 20.2. The van der Waals surface area contributed by atoms with E-state index in [0.717, 1.165) is 61.4 Å². The van der Waals surface area contributed by atoms with E-state index in [1.165, 1.54) is 24.8 Å². The molecule has 1 amide bonds. The molecule has 1 aliphatic carbocycles. The zero-order valence-corrected chi connectivity index (χ0v) is 20.2. The van der Waals surface area contributed by atoms with E-state index in [1.807, 2.05) is 18.2 Å². The second kappa shape index (κ2) is 8.69. The van der Waals surface area contributed by atoms with E-state index in [0.29, 0.717) is 23.6 Å². The van der Waals surface area contributed by atoms with Crippen LogP contribution in [0.25, 0.3) is 10.9 Å². The van der Waals surface area contributed by atoms with Crippen LogP contribution >= 0.6 is 0 Å². The molecule has 0 bridgehead atoms. The number of likely N-dealkylation sites (tertiary alicyclic amines) is 1. The minimum Gasteiger partial charge on any atom is -0.356 e. The summed E-state index contributed by atoms with van der Waals surface area (Å²) in [5.41, 5.74) is 3.62. The molecule has 3 aliphatic rings. The monoisotopic (exact) mass is 458 g/mol. The van der Waals surface area contributed by atoms with Gasteiger partial charge in [-0.1, -0.05) is 13.0 Å². The third kappa shape index (κ3) is 4.29. The van der Waals surface area contributed by atoms with Crippen molar-refractivity contribution in [1.82, 2.24) is 19.7 Å². The van der Waals surface area contributed by atoms with Crippen molar-refractivity contribution in [3.05, 3.63) is 47.8 Å². The molecule has 3 aromatic rings. The van der Waals surface area contributed by atoms with Crippen molar-refractivity contribution in [2.75, 3.05) is 43.4 Å². The molecule has 0 radical (unpaired) electrons. The highest BCUT2D eigenvalue weighted by atomic mass is 16.1. The van der Waals surface area contributed by atoms with Crippen LogP contribution in [0.2, 0.25) is 0 Å². The maximum absolute atomic E-state index is 13.2. The molecule has 1 unspecified atom stereocenters. The maximum Gasteiger partial charge on any atom is 0.274 e. The summed E-state index contributed by atoms with van der Waals surface area (Å²) in [7, 11) is 2.18. The van der Waals surface area contributed by atoms with Crippen LogP contribution in [0, 0.1) is 5.92 Å². The zero-order chi connectivity index (χ0) is 23.2. The Labute approximate surface area is 201 Å². The first kappa shape index (κ1) is 21.6. The third-order valence-corrected chi connectivity index (χ3v) is 7.74. The number of piperidine rings is 1. The molecule has 1 aromatic carbocycles. The van der Waals surface area contributed by atoms with Gasteiger partial charge in [-0.2, -0.15) is 5.10 Å². The number of anilines is 2. The number of fused-ring (bicyclic) bond motifs is 1. The highest BCUT2D eigenvalue weighted by Gasteiger charge is 2.29. The van der Waals surface area contributed by atoms with Gasteiger partial charge in [0.25, 0.3) is 5.91 Å². The average molecular weight is 459 g/mol. The van der Waals surface area contributed by atoms with E-state index in [4.69, 9.17) is 10.1 Å². The van der Waals surface area contributed by atoms with Crippen LogP contribution in [0.4, 0.5) is 11.5 Å². The lowest BCUT2D eigenvalue weighted by molar-refractivity contribution is 0.102. The average Bonchev–Trinajstić information content (AvgIpc) is 3.46. The van der Waals surface area contributed by atoms with Gasteiger partial charge >= 0.3 is 0 Å². The first-order valence-electron chi connectivity index (χ1n) is 12.8. The van der Waals surface area contributed by atoms with Gasteiger partial charge in [-0.3, -0.25) is 9.48 Å². The fourth-order valence-electron chi connectivity index (χ4n) is 5.45. The van der Waals surface area contributed by atoms with Crippen LogP contribution in [-0.2, 0) is 0 Å². The Hall–Kier alpha value is -2.93. The number of benzene rings is 1. The number of rotatable bonds is 5. The van der Waals surface area contributed by atoms with Crippen LogP contribution < -0.4 is 10.2 Å².